The fraction of sp³-hybridized carbons (Fsp3) is 0. The lowest BCUT2D eigenvalue weighted by Crippen LogP contribution is -1.94. The Morgan fingerprint density at radius 3 is 2.36 bits per heavy atom. The molecule has 4 aromatic heterocycles. The molecular weight excluding hydrogens is 424 g/mol. The SMILES string of the molecule is c1cncc(-n2c3ccccc3c3c4sc5ccccc5c4c4oc5ccccc5c4c32)c1. The Bertz CT molecular complexity index is 2000. The number of fused-ring (bicyclic) bond motifs is 12. The summed E-state index contributed by atoms with van der Waals surface area (Å²) in [6, 6.07) is 29.8. The van der Waals surface area contributed by atoms with Gasteiger partial charge in [0, 0.05) is 42.5 Å². The monoisotopic (exact) mass is 440 g/mol. The largest absolute Gasteiger partial charge is 0.455 e. The summed E-state index contributed by atoms with van der Waals surface area (Å²) in [5, 5.41) is 7.30. The van der Waals surface area contributed by atoms with Crippen LogP contribution < -0.4 is 0 Å². The van der Waals surface area contributed by atoms with Crippen LogP contribution >= 0.6 is 11.3 Å². The molecule has 0 radical (unpaired) electrons. The lowest BCUT2D eigenvalue weighted by Gasteiger charge is -2.08. The lowest BCUT2D eigenvalue weighted by molar-refractivity contribution is 0.673. The van der Waals surface area contributed by atoms with Gasteiger partial charge in [-0.2, -0.15) is 0 Å². The summed E-state index contributed by atoms with van der Waals surface area (Å²) >= 11 is 1.85. The van der Waals surface area contributed by atoms with E-state index in [0.717, 1.165) is 27.6 Å². The maximum atomic E-state index is 6.60. The number of thiophene rings is 1. The second-order valence-electron chi connectivity index (χ2n) is 8.39. The van der Waals surface area contributed by atoms with Gasteiger partial charge in [-0.3, -0.25) is 4.98 Å². The number of nitrogens with zero attached hydrogens (tertiary/aromatic N) is 2. The van der Waals surface area contributed by atoms with E-state index in [1.807, 2.05) is 35.9 Å². The number of rotatable bonds is 1. The van der Waals surface area contributed by atoms with Crippen molar-refractivity contribution in [1.29, 1.82) is 0 Å². The number of aromatic nitrogens is 2. The fourth-order valence-electron chi connectivity index (χ4n) is 5.36. The molecule has 0 saturated carbocycles. The van der Waals surface area contributed by atoms with Crippen LogP contribution in [0.1, 0.15) is 0 Å². The number of para-hydroxylation sites is 2. The Hall–Kier alpha value is -4.15. The topological polar surface area (TPSA) is 31.0 Å². The summed E-state index contributed by atoms with van der Waals surface area (Å²) in [4.78, 5) is 4.44. The summed E-state index contributed by atoms with van der Waals surface area (Å²) in [6.45, 7) is 0. The molecular formula is C29H16N2OS. The summed E-state index contributed by atoms with van der Waals surface area (Å²) < 4.78 is 11.5. The zero-order chi connectivity index (χ0) is 21.5. The van der Waals surface area contributed by atoms with Crippen molar-refractivity contribution in [2.75, 3.05) is 0 Å². The molecule has 0 N–H and O–H groups in total. The van der Waals surface area contributed by atoms with Crippen molar-refractivity contribution in [3.05, 3.63) is 97.3 Å². The first-order valence-electron chi connectivity index (χ1n) is 11.0. The van der Waals surface area contributed by atoms with Crippen LogP contribution in [0.25, 0.3) is 69.6 Å². The van der Waals surface area contributed by atoms with Gasteiger partial charge in [0.05, 0.1) is 28.3 Å². The van der Waals surface area contributed by atoms with Crippen LogP contribution in [0.4, 0.5) is 0 Å². The number of furan rings is 1. The summed E-state index contributed by atoms with van der Waals surface area (Å²) in [5.41, 5.74) is 5.29. The highest BCUT2D eigenvalue weighted by Crippen LogP contribution is 2.50. The first kappa shape index (κ1) is 17.4. The molecule has 4 aromatic carbocycles. The van der Waals surface area contributed by atoms with E-state index in [9.17, 15) is 0 Å². The Labute approximate surface area is 192 Å². The molecule has 0 aliphatic rings. The van der Waals surface area contributed by atoms with Gasteiger partial charge in [-0.05, 0) is 30.3 Å². The highest BCUT2D eigenvalue weighted by Gasteiger charge is 2.25. The van der Waals surface area contributed by atoms with Gasteiger partial charge in [0.15, 0.2) is 0 Å². The van der Waals surface area contributed by atoms with E-state index in [-0.39, 0.29) is 0 Å². The maximum absolute atomic E-state index is 6.60. The molecule has 8 rings (SSSR count). The third kappa shape index (κ3) is 2.16. The second-order valence-corrected chi connectivity index (χ2v) is 9.44. The molecule has 0 aliphatic carbocycles. The third-order valence-electron chi connectivity index (χ3n) is 6.66. The van der Waals surface area contributed by atoms with Crippen LogP contribution in [-0.4, -0.2) is 9.55 Å². The molecule has 154 valence electrons. The summed E-state index contributed by atoms with van der Waals surface area (Å²) in [6.07, 6.45) is 3.76. The first-order chi connectivity index (χ1) is 16.4. The smallest absolute Gasteiger partial charge is 0.146 e. The minimum absolute atomic E-state index is 0.916. The highest BCUT2D eigenvalue weighted by atomic mass is 32.1. The fourth-order valence-corrected chi connectivity index (χ4v) is 6.62. The van der Waals surface area contributed by atoms with Crippen molar-refractivity contribution in [1.82, 2.24) is 9.55 Å². The van der Waals surface area contributed by atoms with Gasteiger partial charge in [0.2, 0.25) is 0 Å². The molecule has 3 nitrogen and oxygen atoms in total. The van der Waals surface area contributed by atoms with Crippen LogP contribution in [0.15, 0.2) is 102 Å². The molecule has 0 atom stereocenters. The van der Waals surface area contributed by atoms with E-state index in [4.69, 9.17) is 4.42 Å². The van der Waals surface area contributed by atoms with Crippen LogP contribution in [0.5, 0.6) is 0 Å². The molecule has 8 aromatic rings. The molecule has 33 heavy (non-hydrogen) atoms. The Morgan fingerprint density at radius 1 is 0.697 bits per heavy atom. The van der Waals surface area contributed by atoms with Crippen molar-refractivity contribution < 1.29 is 4.42 Å². The average molecular weight is 441 g/mol. The molecule has 0 aliphatic heterocycles. The van der Waals surface area contributed by atoms with Crippen molar-refractivity contribution >= 4 is 75.3 Å². The summed E-state index contributed by atoms with van der Waals surface area (Å²) in [7, 11) is 0. The van der Waals surface area contributed by atoms with Crippen molar-refractivity contribution in [3.8, 4) is 5.69 Å². The number of pyridine rings is 1. The predicted molar refractivity (Wildman–Crippen MR) is 139 cm³/mol. The van der Waals surface area contributed by atoms with Crippen molar-refractivity contribution in [3.63, 3.8) is 0 Å². The average Bonchev–Trinajstić information content (AvgIpc) is 3.53. The lowest BCUT2D eigenvalue weighted by atomic mass is 10.0. The van der Waals surface area contributed by atoms with Crippen LogP contribution in [0.2, 0.25) is 0 Å². The van der Waals surface area contributed by atoms with E-state index in [1.54, 1.807) is 0 Å². The second kappa shape index (κ2) is 6.21. The number of hydrogen-bond donors (Lipinski definition) is 0. The molecule has 0 fully saturated rings. The van der Waals surface area contributed by atoms with Crippen molar-refractivity contribution in [2.45, 2.75) is 0 Å². The standard InChI is InChI=1S/C29H16N2OS/c1-4-12-21-18(9-1)25-27(31(21)17-8-7-15-30-16-17)24-19-10-2-5-13-22(19)32-28(24)26-20-11-3-6-14-23(20)33-29(25)26/h1-16H. The predicted octanol–water partition coefficient (Wildman–Crippen LogP) is 8.45. The van der Waals surface area contributed by atoms with Crippen LogP contribution in [-0.2, 0) is 0 Å². The van der Waals surface area contributed by atoms with E-state index in [2.05, 4.69) is 82.3 Å². The molecule has 0 amide bonds. The molecule has 4 heteroatoms. The molecule has 0 bridgehead atoms. The molecule has 0 saturated heterocycles. The van der Waals surface area contributed by atoms with Gasteiger partial charge < -0.3 is 8.98 Å². The zero-order valence-electron chi connectivity index (χ0n) is 17.4. The Kier molecular flexibility index (Phi) is 3.28. The van der Waals surface area contributed by atoms with Gasteiger partial charge in [-0.1, -0.05) is 54.6 Å². The van der Waals surface area contributed by atoms with Gasteiger partial charge in [0.25, 0.3) is 0 Å². The minimum atomic E-state index is 0.916. The quantitative estimate of drug-likeness (QED) is 0.256. The summed E-state index contributed by atoms with van der Waals surface area (Å²) in [5.74, 6) is 0. The highest BCUT2D eigenvalue weighted by molar-refractivity contribution is 7.27. The Balaban J connectivity index is 1.80. The Morgan fingerprint density at radius 2 is 1.48 bits per heavy atom. The number of benzene rings is 4. The van der Waals surface area contributed by atoms with Gasteiger partial charge in [-0.15, -0.1) is 11.3 Å². The van der Waals surface area contributed by atoms with E-state index in [1.165, 1.54) is 42.0 Å². The maximum Gasteiger partial charge on any atom is 0.146 e. The van der Waals surface area contributed by atoms with Crippen molar-refractivity contribution in [2.24, 2.45) is 0 Å². The normalized spacial score (nSPS) is 12.2. The minimum Gasteiger partial charge on any atom is -0.455 e. The van der Waals surface area contributed by atoms with Gasteiger partial charge in [0.1, 0.15) is 11.2 Å². The number of hydrogen-bond acceptors (Lipinski definition) is 3. The molecule has 0 spiro atoms. The van der Waals surface area contributed by atoms with E-state index >= 15 is 0 Å². The van der Waals surface area contributed by atoms with E-state index in [0.29, 0.717) is 0 Å². The van der Waals surface area contributed by atoms with E-state index < -0.39 is 0 Å². The zero-order valence-corrected chi connectivity index (χ0v) is 18.3. The van der Waals surface area contributed by atoms with Crippen LogP contribution in [0.3, 0.4) is 0 Å². The molecule has 0 unspecified atom stereocenters. The third-order valence-corrected chi connectivity index (χ3v) is 7.85. The molecule has 4 heterocycles. The first-order valence-corrected chi connectivity index (χ1v) is 11.8. The van der Waals surface area contributed by atoms with Gasteiger partial charge >= 0.3 is 0 Å². The van der Waals surface area contributed by atoms with Crippen LogP contribution in [0, 0.1) is 0 Å². The van der Waals surface area contributed by atoms with Gasteiger partial charge in [-0.25, -0.2) is 0 Å².